The van der Waals surface area contributed by atoms with Crippen molar-refractivity contribution in [1.82, 2.24) is 4.90 Å². The van der Waals surface area contributed by atoms with Crippen molar-refractivity contribution in [3.05, 3.63) is 105 Å². The molecule has 3 aromatic carbocycles. The molecule has 142 valence electrons. The van der Waals surface area contributed by atoms with Crippen LogP contribution in [0.1, 0.15) is 26.3 Å². The molecular weight excluding hydrogens is 461 g/mol. The van der Waals surface area contributed by atoms with Crippen LogP contribution in [0.4, 0.5) is 0 Å². The second kappa shape index (κ2) is 9.75. The van der Waals surface area contributed by atoms with E-state index in [1.54, 1.807) is 24.3 Å². The van der Waals surface area contributed by atoms with Gasteiger partial charge in [-0.3, -0.25) is 9.59 Å². The lowest BCUT2D eigenvalue weighted by Crippen LogP contribution is -2.35. The molecule has 0 aromatic heterocycles. The predicted molar refractivity (Wildman–Crippen MR) is 121 cm³/mol. The van der Waals surface area contributed by atoms with Gasteiger partial charge in [0.1, 0.15) is 0 Å². The molecular formula is C24H22INO2. The summed E-state index contributed by atoms with van der Waals surface area (Å²) in [6.07, 6.45) is 0. The highest BCUT2D eigenvalue weighted by Gasteiger charge is 2.29. The average Bonchev–Trinajstić information content (AvgIpc) is 2.73. The molecule has 0 amide bonds. The highest BCUT2D eigenvalue weighted by Crippen LogP contribution is 2.18. The van der Waals surface area contributed by atoms with Crippen LogP contribution in [0.15, 0.2) is 84.9 Å². The van der Waals surface area contributed by atoms with E-state index >= 15 is 0 Å². The lowest BCUT2D eigenvalue weighted by molar-refractivity contribution is 0.0770. The Balaban J connectivity index is 1.84. The largest absolute Gasteiger partial charge is 0.301 e. The molecule has 0 radical (unpaired) electrons. The minimum Gasteiger partial charge on any atom is -0.301 e. The number of benzene rings is 3. The summed E-state index contributed by atoms with van der Waals surface area (Å²) in [4.78, 5) is 28.4. The standard InChI is InChI=1S/C24H22INO2/c1-26(16-18-8-4-2-5-9-18)17-22(23(27)19-10-6-3-7-11-19)24(28)20-12-14-21(25)15-13-20/h2-15,22H,16-17H2,1H3. The van der Waals surface area contributed by atoms with Gasteiger partial charge in [0.25, 0.3) is 0 Å². The molecule has 0 fully saturated rings. The molecule has 0 bridgehead atoms. The SMILES string of the molecule is CN(Cc1ccccc1)CC(C(=O)c1ccccc1)C(=O)c1ccc(I)cc1. The maximum absolute atomic E-state index is 13.2. The first-order chi connectivity index (χ1) is 13.5. The molecule has 0 spiro atoms. The Morgan fingerprint density at radius 3 is 1.86 bits per heavy atom. The van der Waals surface area contributed by atoms with E-state index in [-0.39, 0.29) is 11.6 Å². The number of hydrogen-bond acceptors (Lipinski definition) is 3. The van der Waals surface area contributed by atoms with Gasteiger partial charge in [-0.15, -0.1) is 0 Å². The Hall–Kier alpha value is -2.31. The third-order valence-corrected chi connectivity index (χ3v) is 5.33. The maximum Gasteiger partial charge on any atom is 0.174 e. The predicted octanol–water partition coefficient (Wildman–Crippen LogP) is 5.11. The summed E-state index contributed by atoms with van der Waals surface area (Å²) in [6, 6.07) is 26.5. The van der Waals surface area contributed by atoms with Crippen molar-refractivity contribution in [2.45, 2.75) is 6.54 Å². The van der Waals surface area contributed by atoms with Crippen LogP contribution in [-0.2, 0) is 6.54 Å². The van der Waals surface area contributed by atoms with Crippen LogP contribution in [0.25, 0.3) is 0 Å². The Labute approximate surface area is 179 Å². The van der Waals surface area contributed by atoms with Gasteiger partial charge in [-0.05, 0) is 47.3 Å². The minimum atomic E-state index is -0.740. The van der Waals surface area contributed by atoms with Crippen LogP contribution in [-0.4, -0.2) is 30.1 Å². The van der Waals surface area contributed by atoms with Gasteiger partial charge in [-0.25, -0.2) is 0 Å². The number of nitrogens with zero attached hydrogens (tertiary/aromatic N) is 1. The fraction of sp³-hybridized carbons (Fsp3) is 0.167. The number of carbonyl (C=O) groups is 2. The second-order valence-electron chi connectivity index (χ2n) is 6.84. The van der Waals surface area contributed by atoms with Crippen LogP contribution < -0.4 is 0 Å². The summed E-state index contributed by atoms with van der Waals surface area (Å²) in [5.41, 5.74) is 2.29. The summed E-state index contributed by atoms with van der Waals surface area (Å²) in [6.45, 7) is 1.05. The molecule has 3 nitrogen and oxygen atoms in total. The fourth-order valence-electron chi connectivity index (χ4n) is 3.18. The lowest BCUT2D eigenvalue weighted by atomic mass is 9.89. The molecule has 0 N–H and O–H groups in total. The highest BCUT2D eigenvalue weighted by atomic mass is 127. The van der Waals surface area contributed by atoms with Crippen molar-refractivity contribution in [3.8, 4) is 0 Å². The Kier molecular flexibility index (Phi) is 7.12. The van der Waals surface area contributed by atoms with Crippen LogP contribution >= 0.6 is 22.6 Å². The molecule has 0 saturated carbocycles. The number of carbonyl (C=O) groups excluding carboxylic acids is 2. The molecule has 28 heavy (non-hydrogen) atoms. The zero-order valence-electron chi connectivity index (χ0n) is 15.7. The molecule has 4 heteroatoms. The average molecular weight is 483 g/mol. The maximum atomic E-state index is 13.2. The van der Waals surface area contributed by atoms with E-state index in [0.717, 1.165) is 9.13 Å². The third kappa shape index (κ3) is 5.36. The van der Waals surface area contributed by atoms with Crippen molar-refractivity contribution in [2.75, 3.05) is 13.6 Å². The molecule has 1 atom stereocenters. The topological polar surface area (TPSA) is 37.4 Å². The molecule has 0 aliphatic heterocycles. The summed E-state index contributed by atoms with van der Waals surface area (Å²) in [5.74, 6) is -1.01. The van der Waals surface area contributed by atoms with Gasteiger partial charge in [0.15, 0.2) is 11.6 Å². The van der Waals surface area contributed by atoms with Gasteiger partial charge in [-0.1, -0.05) is 72.8 Å². The van der Waals surface area contributed by atoms with E-state index in [1.807, 2.05) is 72.6 Å². The van der Waals surface area contributed by atoms with E-state index in [1.165, 1.54) is 0 Å². The quantitative estimate of drug-likeness (QED) is 0.254. The summed E-state index contributed by atoms with van der Waals surface area (Å²) in [7, 11) is 1.94. The van der Waals surface area contributed by atoms with Gasteiger partial charge >= 0.3 is 0 Å². The van der Waals surface area contributed by atoms with Crippen molar-refractivity contribution in [1.29, 1.82) is 0 Å². The zero-order chi connectivity index (χ0) is 19.9. The molecule has 1 unspecified atom stereocenters. The molecule has 3 aromatic rings. The van der Waals surface area contributed by atoms with E-state index in [0.29, 0.717) is 24.2 Å². The fourth-order valence-corrected chi connectivity index (χ4v) is 3.53. The zero-order valence-corrected chi connectivity index (χ0v) is 17.9. The van der Waals surface area contributed by atoms with E-state index < -0.39 is 5.92 Å². The number of rotatable bonds is 8. The Bertz CT molecular complexity index is 924. The van der Waals surface area contributed by atoms with E-state index in [2.05, 4.69) is 22.6 Å². The Morgan fingerprint density at radius 1 is 0.786 bits per heavy atom. The van der Waals surface area contributed by atoms with Gasteiger partial charge in [0.05, 0.1) is 5.92 Å². The van der Waals surface area contributed by atoms with Gasteiger partial charge in [0.2, 0.25) is 0 Å². The van der Waals surface area contributed by atoms with Crippen molar-refractivity contribution >= 4 is 34.2 Å². The normalized spacial score (nSPS) is 12.0. The summed E-state index contributed by atoms with van der Waals surface area (Å²) < 4.78 is 1.06. The van der Waals surface area contributed by atoms with Gasteiger partial charge < -0.3 is 4.90 Å². The smallest absolute Gasteiger partial charge is 0.174 e. The first-order valence-corrected chi connectivity index (χ1v) is 10.2. The van der Waals surface area contributed by atoms with Crippen molar-refractivity contribution in [2.24, 2.45) is 5.92 Å². The summed E-state index contributed by atoms with van der Waals surface area (Å²) in [5, 5.41) is 0. The van der Waals surface area contributed by atoms with Crippen LogP contribution in [0.3, 0.4) is 0 Å². The number of Topliss-reactive ketones (excluding diaryl/α,β-unsaturated/α-hetero) is 2. The number of halogens is 1. The van der Waals surface area contributed by atoms with E-state index in [9.17, 15) is 9.59 Å². The summed E-state index contributed by atoms with van der Waals surface area (Å²) >= 11 is 2.21. The van der Waals surface area contributed by atoms with Crippen molar-refractivity contribution < 1.29 is 9.59 Å². The van der Waals surface area contributed by atoms with Crippen LogP contribution in [0.2, 0.25) is 0 Å². The minimum absolute atomic E-state index is 0.134. The van der Waals surface area contributed by atoms with Gasteiger partial charge in [-0.2, -0.15) is 0 Å². The number of ketones is 2. The second-order valence-corrected chi connectivity index (χ2v) is 8.08. The van der Waals surface area contributed by atoms with Crippen LogP contribution in [0, 0.1) is 9.49 Å². The Morgan fingerprint density at radius 2 is 1.29 bits per heavy atom. The van der Waals surface area contributed by atoms with Crippen molar-refractivity contribution in [3.63, 3.8) is 0 Å². The monoisotopic (exact) mass is 483 g/mol. The molecule has 0 saturated heterocycles. The lowest BCUT2D eigenvalue weighted by Gasteiger charge is -2.23. The molecule has 0 aliphatic rings. The molecule has 0 heterocycles. The van der Waals surface area contributed by atoms with E-state index in [4.69, 9.17) is 0 Å². The third-order valence-electron chi connectivity index (χ3n) is 4.61. The highest BCUT2D eigenvalue weighted by molar-refractivity contribution is 14.1. The van der Waals surface area contributed by atoms with Crippen LogP contribution in [0.5, 0.6) is 0 Å². The van der Waals surface area contributed by atoms with Gasteiger partial charge in [0, 0.05) is 27.8 Å². The first-order valence-electron chi connectivity index (χ1n) is 9.16. The first kappa shape index (κ1) is 20.4. The number of hydrogen-bond donors (Lipinski definition) is 0. The molecule has 3 rings (SSSR count). The molecule has 0 aliphatic carbocycles.